The topological polar surface area (TPSA) is 30.5 Å². The van der Waals surface area contributed by atoms with Gasteiger partial charge in [-0.15, -0.1) is 0 Å². The highest BCUT2D eigenvalue weighted by atomic mass is 19.1. The second kappa shape index (κ2) is 8.06. The molecule has 0 saturated carbocycles. The molecule has 1 aromatic rings. The van der Waals surface area contributed by atoms with Gasteiger partial charge in [0.25, 0.3) is 0 Å². The first-order chi connectivity index (χ1) is 8.69. The fraction of sp³-hybridized carbons (Fsp3) is 0.571. The van der Waals surface area contributed by atoms with Crippen LogP contribution in [0.25, 0.3) is 0 Å². The van der Waals surface area contributed by atoms with Crippen LogP contribution in [0.2, 0.25) is 0 Å². The number of hydrogen-bond donors (Lipinski definition) is 1. The smallest absolute Gasteiger partial charge is 0.131 e. The number of nitrogens with one attached hydrogen (secondary N) is 1. The lowest BCUT2D eigenvalue weighted by Crippen LogP contribution is -2.18. The Morgan fingerprint density at radius 3 is 2.67 bits per heavy atom. The van der Waals surface area contributed by atoms with Gasteiger partial charge in [0.15, 0.2) is 0 Å². The number of hydrogen-bond acceptors (Lipinski definition) is 3. The summed E-state index contributed by atoms with van der Waals surface area (Å²) in [6, 6.07) is 4.99. The van der Waals surface area contributed by atoms with Gasteiger partial charge in [-0.05, 0) is 26.5 Å². The maximum absolute atomic E-state index is 13.8. The van der Waals surface area contributed by atoms with E-state index < -0.39 is 0 Å². The Bertz CT molecular complexity index is 358. The first-order valence-electron chi connectivity index (χ1n) is 6.42. The van der Waals surface area contributed by atoms with Crippen LogP contribution in [0.5, 0.6) is 5.75 Å². The molecule has 0 aliphatic carbocycles. The SMILES string of the molecule is CCNC(C)c1ccc(OCCOCC)cc1F. The molecule has 0 amide bonds. The highest BCUT2D eigenvalue weighted by Crippen LogP contribution is 2.21. The minimum atomic E-state index is -0.239. The summed E-state index contributed by atoms with van der Waals surface area (Å²) < 4.78 is 24.4. The molecule has 1 atom stereocenters. The molecule has 1 aromatic carbocycles. The van der Waals surface area contributed by atoms with Gasteiger partial charge in [0.2, 0.25) is 0 Å². The van der Waals surface area contributed by atoms with Crippen molar-refractivity contribution in [2.75, 3.05) is 26.4 Å². The predicted octanol–water partition coefficient (Wildman–Crippen LogP) is 2.91. The molecule has 4 heteroatoms. The van der Waals surface area contributed by atoms with Gasteiger partial charge in [0.05, 0.1) is 6.61 Å². The van der Waals surface area contributed by atoms with Crippen LogP contribution in [0.3, 0.4) is 0 Å². The summed E-state index contributed by atoms with van der Waals surface area (Å²) in [6.07, 6.45) is 0. The molecule has 0 aromatic heterocycles. The lowest BCUT2D eigenvalue weighted by atomic mass is 10.1. The number of ether oxygens (including phenoxy) is 2. The normalized spacial score (nSPS) is 12.4. The van der Waals surface area contributed by atoms with Crippen molar-refractivity contribution in [2.24, 2.45) is 0 Å². The highest BCUT2D eigenvalue weighted by Gasteiger charge is 2.10. The molecule has 0 spiro atoms. The molecule has 0 aliphatic heterocycles. The van der Waals surface area contributed by atoms with E-state index in [0.29, 0.717) is 31.1 Å². The molecular weight excluding hydrogens is 233 g/mol. The molecule has 1 unspecified atom stereocenters. The van der Waals surface area contributed by atoms with Crippen LogP contribution >= 0.6 is 0 Å². The fourth-order valence-electron chi connectivity index (χ4n) is 1.73. The first-order valence-corrected chi connectivity index (χ1v) is 6.42. The Hall–Kier alpha value is -1.13. The van der Waals surface area contributed by atoms with Crippen molar-refractivity contribution >= 4 is 0 Å². The minimum absolute atomic E-state index is 0.00692. The second-order valence-electron chi connectivity index (χ2n) is 4.01. The lowest BCUT2D eigenvalue weighted by molar-refractivity contribution is 0.110. The van der Waals surface area contributed by atoms with E-state index in [-0.39, 0.29) is 11.9 Å². The largest absolute Gasteiger partial charge is 0.491 e. The molecule has 0 fully saturated rings. The van der Waals surface area contributed by atoms with E-state index in [2.05, 4.69) is 5.32 Å². The molecule has 0 heterocycles. The molecule has 102 valence electrons. The molecule has 1 rings (SSSR count). The van der Waals surface area contributed by atoms with Gasteiger partial charge in [0.1, 0.15) is 18.2 Å². The molecule has 3 nitrogen and oxygen atoms in total. The highest BCUT2D eigenvalue weighted by molar-refractivity contribution is 5.30. The number of rotatable bonds is 8. The standard InChI is InChI=1S/C14H22FNO2/c1-4-16-11(3)13-7-6-12(10-14(13)15)18-9-8-17-5-2/h6-7,10-11,16H,4-5,8-9H2,1-3H3. The van der Waals surface area contributed by atoms with Gasteiger partial charge < -0.3 is 14.8 Å². The lowest BCUT2D eigenvalue weighted by Gasteiger charge is -2.14. The Morgan fingerprint density at radius 2 is 2.06 bits per heavy atom. The van der Waals surface area contributed by atoms with Crippen LogP contribution in [-0.4, -0.2) is 26.4 Å². The van der Waals surface area contributed by atoms with Crippen molar-refractivity contribution in [1.29, 1.82) is 0 Å². The zero-order chi connectivity index (χ0) is 13.4. The Balaban J connectivity index is 2.56. The average molecular weight is 255 g/mol. The molecule has 0 radical (unpaired) electrons. The van der Waals surface area contributed by atoms with Crippen LogP contribution in [0.4, 0.5) is 4.39 Å². The molecule has 0 aliphatic rings. The summed E-state index contributed by atoms with van der Waals surface area (Å²) in [4.78, 5) is 0. The Morgan fingerprint density at radius 1 is 1.28 bits per heavy atom. The van der Waals surface area contributed by atoms with E-state index in [1.165, 1.54) is 6.07 Å². The quantitative estimate of drug-likeness (QED) is 0.724. The van der Waals surface area contributed by atoms with E-state index >= 15 is 0 Å². The molecule has 0 bridgehead atoms. The van der Waals surface area contributed by atoms with Crippen LogP contribution in [-0.2, 0) is 4.74 Å². The van der Waals surface area contributed by atoms with E-state index in [1.807, 2.05) is 20.8 Å². The van der Waals surface area contributed by atoms with Crippen LogP contribution in [0.15, 0.2) is 18.2 Å². The van der Waals surface area contributed by atoms with E-state index in [9.17, 15) is 4.39 Å². The molecule has 0 saturated heterocycles. The Labute approximate surface area is 108 Å². The third-order valence-electron chi connectivity index (χ3n) is 2.65. The zero-order valence-electron chi connectivity index (χ0n) is 11.3. The van der Waals surface area contributed by atoms with Crippen molar-refractivity contribution in [2.45, 2.75) is 26.8 Å². The fourth-order valence-corrected chi connectivity index (χ4v) is 1.73. The van der Waals surface area contributed by atoms with Crippen molar-refractivity contribution in [3.63, 3.8) is 0 Å². The van der Waals surface area contributed by atoms with Crippen LogP contribution < -0.4 is 10.1 Å². The summed E-state index contributed by atoms with van der Waals surface area (Å²) in [5.41, 5.74) is 0.661. The minimum Gasteiger partial charge on any atom is -0.491 e. The van der Waals surface area contributed by atoms with Crippen molar-refractivity contribution in [1.82, 2.24) is 5.32 Å². The van der Waals surface area contributed by atoms with Crippen molar-refractivity contribution < 1.29 is 13.9 Å². The Kier molecular flexibility index (Phi) is 6.68. The summed E-state index contributed by atoms with van der Waals surface area (Å²) in [7, 11) is 0. The van der Waals surface area contributed by atoms with E-state index in [0.717, 1.165) is 6.54 Å². The van der Waals surface area contributed by atoms with Crippen LogP contribution in [0.1, 0.15) is 32.4 Å². The predicted molar refractivity (Wildman–Crippen MR) is 70.5 cm³/mol. The van der Waals surface area contributed by atoms with E-state index in [1.54, 1.807) is 12.1 Å². The zero-order valence-corrected chi connectivity index (χ0v) is 11.3. The van der Waals surface area contributed by atoms with Gasteiger partial charge in [-0.1, -0.05) is 13.0 Å². The van der Waals surface area contributed by atoms with Gasteiger partial charge in [-0.2, -0.15) is 0 Å². The van der Waals surface area contributed by atoms with Crippen LogP contribution in [0, 0.1) is 5.82 Å². The maximum Gasteiger partial charge on any atom is 0.131 e. The van der Waals surface area contributed by atoms with Gasteiger partial charge in [-0.25, -0.2) is 4.39 Å². The number of halogens is 1. The molecular formula is C14H22FNO2. The third-order valence-corrected chi connectivity index (χ3v) is 2.65. The summed E-state index contributed by atoms with van der Waals surface area (Å²) in [5.74, 6) is 0.303. The molecule has 1 N–H and O–H groups in total. The van der Waals surface area contributed by atoms with Gasteiger partial charge >= 0.3 is 0 Å². The maximum atomic E-state index is 13.8. The molecule has 18 heavy (non-hydrogen) atoms. The van der Waals surface area contributed by atoms with Gasteiger partial charge in [-0.3, -0.25) is 0 Å². The van der Waals surface area contributed by atoms with Crippen molar-refractivity contribution in [3.05, 3.63) is 29.6 Å². The van der Waals surface area contributed by atoms with E-state index in [4.69, 9.17) is 9.47 Å². The average Bonchev–Trinajstić information content (AvgIpc) is 2.35. The summed E-state index contributed by atoms with van der Waals surface area (Å²) in [6.45, 7) is 8.31. The summed E-state index contributed by atoms with van der Waals surface area (Å²) >= 11 is 0. The number of benzene rings is 1. The van der Waals surface area contributed by atoms with Crippen molar-refractivity contribution in [3.8, 4) is 5.75 Å². The second-order valence-corrected chi connectivity index (χ2v) is 4.01. The van der Waals surface area contributed by atoms with Gasteiger partial charge in [0, 0.05) is 24.3 Å². The summed E-state index contributed by atoms with van der Waals surface area (Å²) in [5, 5.41) is 3.18. The monoisotopic (exact) mass is 255 g/mol. The first kappa shape index (κ1) is 14.9. The third kappa shape index (κ3) is 4.63.